The van der Waals surface area contributed by atoms with Crippen LogP contribution in [0.15, 0.2) is 18.2 Å². The Morgan fingerprint density at radius 2 is 2.33 bits per heavy atom. The number of rotatable bonds is 4. The van der Waals surface area contributed by atoms with Crippen LogP contribution in [0, 0.1) is 11.3 Å². The number of nitrogens with one attached hydrogen (secondary N) is 1. The first-order valence-electron chi connectivity index (χ1n) is 6.80. The van der Waals surface area contributed by atoms with E-state index >= 15 is 0 Å². The molecule has 0 saturated carbocycles. The van der Waals surface area contributed by atoms with Crippen LogP contribution in [-0.4, -0.2) is 44.3 Å². The number of carbonyl (C=O) groups excluding carboxylic acids is 1. The first kappa shape index (κ1) is 15.1. The molecule has 0 radical (unpaired) electrons. The van der Waals surface area contributed by atoms with Crippen molar-refractivity contribution >= 4 is 6.09 Å². The van der Waals surface area contributed by atoms with Crippen molar-refractivity contribution in [1.82, 2.24) is 10.2 Å². The summed E-state index contributed by atoms with van der Waals surface area (Å²) in [6, 6.07) is 7.82. The van der Waals surface area contributed by atoms with Gasteiger partial charge in [0.1, 0.15) is 11.8 Å². The van der Waals surface area contributed by atoms with Crippen LogP contribution >= 0.6 is 0 Å². The molecule has 1 aromatic carbocycles. The zero-order valence-corrected chi connectivity index (χ0v) is 12.3. The minimum absolute atomic E-state index is 0.123. The Morgan fingerprint density at radius 1 is 1.52 bits per heavy atom. The number of methoxy groups -OCH3 is 2. The van der Waals surface area contributed by atoms with Gasteiger partial charge in [0.15, 0.2) is 0 Å². The van der Waals surface area contributed by atoms with Gasteiger partial charge in [-0.15, -0.1) is 0 Å². The number of likely N-dealkylation sites (tertiary alicyclic amines) is 1. The third kappa shape index (κ3) is 3.86. The number of nitriles is 1. The molecule has 1 unspecified atom stereocenters. The summed E-state index contributed by atoms with van der Waals surface area (Å²) in [5, 5.41) is 11.8. The fraction of sp³-hybridized carbons (Fsp3) is 0.467. The predicted molar refractivity (Wildman–Crippen MR) is 76.9 cm³/mol. The Bertz CT molecular complexity index is 554. The molecule has 6 nitrogen and oxygen atoms in total. The minimum atomic E-state index is -0.387. The molecule has 1 N–H and O–H groups in total. The molecule has 1 aliphatic heterocycles. The van der Waals surface area contributed by atoms with Gasteiger partial charge in [0.05, 0.1) is 19.8 Å². The molecule has 6 heteroatoms. The minimum Gasteiger partial charge on any atom is -0.495 e. The maximum atomic E-state index is 11.2. The lowest BCUT2D eigenvalue weighted by Gasteiger charge is -2.17. The van der Waals surface area contributed by atoms with Crippen LogP contribution in [0.4, 0.5) is 4.79 Å². The highest BCUT2D eigenvalue weighted by molar-refractivity contribution is 5.67. The van der Waals surface area contributed by atoms with Crippen LogP contribution in [0.25, 0.3) is 0 Å². The number of ether oxygens (including phenoxy) is 2. The average molecular weight is 289 g/mol. The van der Waals surface area contributed by atoms with Crippen molar-refractivity contribution in [3.8, 4) is 11.8 Å². The van der Waals surface area contributed by atoms with Gasteiger partial charge in [0, 0.05) is 25.7 Å². The lowest BCUT2D eigenvalue weighted by molar-refractivity contribution is 0.166. The Balaban J connectivity index is 1.94. The van der Waals surface area contributed by atoms with E-state index in [2.05, 4.69) is 21.0 Å². The quantitative estimate of drug-likeness (QED) is 0.909. The third-order valence-corrected chi connectivity index (χ3v) is 3.57. The van der Waals surface area contributed by atoms with E-state index in [4.69, 9.17) is 10.00 Å². The highest BCUT2D eigenvalue weighted by Crippen LogP contribution is 2.21. The summed E-state index contributed by atoms with van der Waals surface area (Å²) in [4.78, 5) is 13.4. The second kappa shape index (κ2) is 6.95. The van der Waals surface area contributed by atoms with Gasteiger partial charge < -0.3 is 14.8 Å². The van der Waals surface area contributed by atoms with E-state index in [0.717, 1.165) is 31.6 Å². The van der Waals surface area contributed by atoms with E-state index in [1.807, 2.05) is 12.1 Å². The normalized spacial score (nSPS) is 18.0. The molecule has 1 aromatic rings. The lowest BCUT2D eigenvalue weighted by atomic mass is 10.1. The molecule has 1 fully saturated rings. The van der Waals surface area contributed by atoms with Crippen LogP contribution in [0.5, 0.6) is 5.75 Å². The molecule has 0 aliphatic carbocycles. The van der Waals surface area contributed by atoms with E-state index in [9.17, 15) is 4.79 Å². The summed E-state index contributed by atoms with van der Waals surface area (Å²) < 4.78 is 9.82. The molecule has 0 bridgehead atoms. The first-order chi connectivity index (χ1) is 10.2. The summed E-state index contributed by atoms with van der Waals surface area (Å²) in [6.45, 7) is 2.47. The fourth-order valence-corrected chi connectivity index (χ4v) is 2.50. The molecule has 21 heavy (non-hydrogen) atoms. The number of hydrogen-bond donors (Lipinski definition) is 1. The van der Waals surface area contributed by atoms with Crippen LogP contribution in [0.1, 0.15) is 17.5 Å². The first-order valence-corrected chi connectivity index (χ1v) is 6.80. The summed E-state index contributed by atoms with van der Waals surface area (Å²) in [7, 11) is 2.93. The smallest absolute Gasteiger partial charge is 0.407 e. The van der Waals surface area contributed by atoms with Gasteiger partial charge in [-0.2, -0.15) is 5.26 Å². The number of hydrogen-bond acceptors (Lipinski definition) is 5. The van der Waals surface area contributed by atoms with Crippen molar-refractivity contribution in [2.24, 2.45) is 0 Å². The molecule has 2 rings (SSSR count). The predicted octanol–water partition coefficient (Wildman–Crippen LogP) is 1.50. The topological polar surface area (TPSA) is 74.6 Å². The van der Waals surface area contributed by atoms with Crippen LogP contribution < -0.4 is 10.1 Å². The van der Waals surface area contributed by atoms with Gasteiger partial charge >= 0.3 is 6.09 Å². The molecule has 112 valence electrons. The standard InChI is InChI=1S/C15H19N3O3/c1-20-14-7-11(3-4-12(14)8-16)9-18-6-5-13(10-18)17-15(19)21-2/h3-4,7,13H,5-6,9-10H2,1-2H3,(H,17,19). The van der Waals surface area contributed by atoms with Crippen LogP contribution in [-0.2, 0) is 11.3 Å². The number of alkyl carbamates (subject to hydrolysis) is 1. The van der Waals surface area contributed by atoms with Crippen molar-refractivity contribution in [2.45, 2.75) is 19.0 Å². The second-order valence-electron chi connectivity index (χ2n) is 5.00. The molecule has 1 saturated heterocycles. The molecule has 1 aliphatic rings. The average Bonchev–Trinajstić information content (AvgIpc) is 2.93. The van der Waals surface area contributed by atoms with E-state index < -0.39 is 0 Å². The number of amides is 1. The summed E-state index contributed by atoms with van der Waals surface area (Å²) in [5.41, 5.74) is 1.62. The Hall–Kier alpha value is -2.26. The summed E-state index contributed by atoms with van der Waals surface area (Å²) >= 11 is 0. The highest BCUT2D eigenvalue weighted by atomic mass is 16.5. The third-order valence-electron chi connectivity index (χ3n) is 3.57. The van der Waals surface area contributed by atoms with Crippen LogP contribution in [0.3, 0.4) is 0 Å². The Kier molecular flexibility index (Phi) is 5.01. The molecule has 1 atom stereocenters. The van der Waals surface area contributed by atoms with Gasteiger partial charge in [0.25, 0.3) is 0 Å². The van der Waals surface area contributed by atoms with Crippen molar-refractivity contribution in [1.29, 1.82) is 5.26 Å². The van der Waals surface area contributed by atoms with Gasteiger partial charge in [-0.3, -0.25) is 4.90 Å². The van der Waals surface area contributed by atoms with Gasteiger partial charge in [0.2, 0.25) is 0 Å². The van der Waals surface area contributed by atoms with Crippen molar-refractivity contribution in [2.75, 3.05) is 27.3 Å². The second-order valence-corrected chi connectivity index (χ2v) is 5.00. The van der Waals surface area contributed by atoms with E-state index in [1.54, 1.807) is 13.2 Å². The SMILES string of the molecule is COC(=O)NC1CCN(Cc2ccc(C#N)c(OC)c2)C1. The van der Waals surface area contributed by atoms with Crippen molar-refractivity contribution < 1.29 is 14.3 Å². The lowest BCUT2D eigenvalue weighted by Crippen LogP contribution is -2.36. The maximum Gasteiger partial charge on any atom is 0.407 e. The fourth-order valence-electron chi connectivity index (χ4n) is 2.50. The number of carbonyl (C=O) groups is 1. The largest absolute Gasteiger partial charge is 0.495 e. The molecule has 1 amide bonds. The Labute approximate surface area is 124 Å². The zero-order chi connectivity index (χ0) is 15.2. The van der Waals surface area contributed by atoms with Crippen molar-refractivity contribution in [3.63, 3.8) is 0 Å². The molecular formula is C15H19N3O3. The van der Waals surface area contributed by atoms with E-state index in [1.165, 1.54) is 7.11 Å². The van der Waals surface area contributed by atoms with Gasteiger partial charge in [-0.25, -0.2) is 4.79 Å². The maximum absolute atomic E-state index is 11.2. The molecule has 0 aromatic heterocycles. The summed E-state index contributed by atoms with van der Waals surface area (Å²) in [5.74, 6) is 0.596. The summed E-state index contributed by atoms with van der Waals surface area (Å²) in [6.07, 6.45) is 0.518. The van der Waals surface area contributed by atoms with Gasteiger partial charge in [-0.1, -0.05) is 6.07 Å². The zero-order valence-electron chi connectivity index (χ0n) is 12.3. The van der Waals surface area contributed by atoms with E-state index in [-0.39, 0.29) is 12.1 Å². The molecule has 1 heterocycles. The van der Waals surface area contributed by atoms with Crippen LogP contribution in [0.2, 0.25) is 0 Å². The van der Waals surface area contributed by atoms with Crippen molar-refractivity contribution in [3.05, 3.63) is 29.3 Å². The molecule has 0 spiro atoms. The number of nitrogens with zero attached hydrogens (tertiary/aromatic N) is 2. The molecular weight excluding hydrogens is 270 g/mol. The Morgan fingerprint density at radius 3 is 3.00 bits per heavy atom. The van der Waals surface area contributed by atoms with Gasteiger partial charge in [-0.05, 0) is 24.1 Å². The monoisotopic (exact) mass is 289 g/mol. The highest BCUT2D eigenvalue weighted by Gasteiger charge is 2.24. The number of benzene rings is 1. The van der Waals surface area contributed by atoms with E-state index in [0.29, 0.717) is 11.3 Å².